The van der Waals surface area contributed by atoms with Gasteiger partial charge in [0.15, 0.2) is 0 Å². The standard InChI is InChI=1S/C11H15NO5/c1-16-7-3-6(4-8(5-7)17-2)10(13)9(12)11(14)15/h3-5,9-10,13H,12H2,1-2H3,(H,14,15). The molecule has 0 aliphatic heterocycles. The molecule has 0 aromatic heterocycles. The molecule has 0 saturated heterocycles. The van der Waals surface area contributed by atoms with Gasteiger partial charge in [-0.1, -0.05) is 0 Å². The number of hydrogen-bond donors (Lipinski definition) is 3. The second kappa shape index (κ2) is 5.51. The largest absolute Gasteiger partial charge is 0.497 e. The van der Waals surface area contributed by atoms with Crippen molar-refractivity contribution in [2.45, 2.75) is 12.1 Å². The van der Waals surface area contributed by atoms with Crippen LogP contribution < -0.4 is 15.2 Å². The number of ether oxygens (including phenoxy) is 2. The van der Waals surface area contributed by atoms with Crippen LogP contribution in [0.3, 0.4) is 0 Å². The van der Waals surface area contributed by atoms with E-state index in [1.54, 1.807) is 6.07 Å². The van der Waals surface area contributed by atoms with Crippen molar-refractivity contribution in [3.05, 3.63) is 23.8 Å². The second-order valence-corrected chi connectivity index (χ2v) is 3.45. The van der Waals surface area contributed by atoms with E-state index in [4.69, 9.17) is 20.3 Å². The lowest BCUT2D eigenvalue weighted by Crippen LogP contribution is -2.36. The maximum absolute atomic E-state index is 10.7. The molecule has 4 N–H and O–H groups in total. The summed E-state index contributed by atoms with van der Waals surface area (Å²) >= 11 is 0. The quantitative estimate of drug-likeness (QED) is 0.678. The lowest BCUT2D eigenvalue weighted by Gasteiger charge is -2.17. The van der Waals surface area contributed by atoms with Crippen molar-refractivity contribution >= 4 is 5.97 Å². The average molecular weight is 241 g/mol. The normalized spacial score (nSPS) is 13.9. The predicted molar refractivity (Wildman–Crippen MR) is 60.1 cm³/mol. The Morgan fingerprint density at radius 2 is 1.71 bits per heavy atom. The van der Waals surface area contributed by atoms with Crippen molar-refractivity contribution in [2.24, 2.45) is 5.73 Å². The first-order chi connectivity index (χ1) is 7.99. The number of methoxy groups -OCH3 is 2. The molecule has 0 amide bonds. The van der Waals surface area contributed by atoms with Crippen LogP contribution in [0.4, 0.5) is 0 Å². The van der Waals surface area contributed by atoms with E-state index >= 15 is 0 Å². The summed E-state index contributed by atoms with van der Waals surface area (Å²) in [5, 5.41) is 18.5. The summed E-state index contributed by atoms with van der Waals surface area (Å²) in [6.45, 7) is 0. The van der Waals surface area contributed by atoms with Crippen LogP contribution in [0.1, 0.15) is 11.7 Å². The van der Waals surface area contributed by atoms with Gasteiger partial charge in [-0.15, -0.1) is 0 Å². The SMILES string of the molecule is COc1cc(OC)cc(C(O)C(N)C(=O)O)c1. The number of aliphatic hydroxyl groups excluding tert-OH is 1. The van der Waals surface area contributed by atoms with Gasteiger partial charge in [0.2, 0.25) is 0 Å². The van der Waals surface area contributed by atoms with Crippen LogP contribution in [0.25, 0.3) is 0 Å². The van der Waals surface area contributed by atoms with E-state index in [0.29, 0.717) is 17.1 Å². The average Bonchev–Trinajstić information content (AvgIpc) is 2.35. The van der Waals surface area contributed by atoms with Crippen LogP contribution in [0.5, 0.6) is 11.5 Å². The molecule has 0 bridgehead atoms. The third-order valence-electron chi connectivity index (χ3n) is 2.34. The number of aliphatic hydroxyl groups is 1. The van der Waals surface area contributed by atoms with Gasteiger partial charge in [0.25, 0.3) is 0 Å². The summed E-state index contributed by atoms with van der Waals surface area (Å²) in [7, 11) is 2.92. The first-order valence-electron chi connectivity index (χ1n) is 4.89. The fourth-order valence-electron chi connectivity index (χ4n) is 1.34. The molecule has 2 unspecified atom stereocenters. The molecule has 2 atom stereocenters. The summed E-state index contributed by atoms with van der Waals surface area (Å²) in [6, 6.07) is 3.24. The maximum atomic E-state index is 10.7. The Labute approximate surface area is 98.6 Å². The molecule has 17 heavy (non-hydrogen) atoms. The zero-order valence-corrected chi connectivity index (χ0v) is 9.58. The highest BCUT2D eigenvalue weighted by Crippen LogP contribution is 2.27. The molecule has 0 radical (unpaired) electrons. The van der Waals surface area contributed by atoms with Gasteiger partial charge in [0, 0.05) is 6.07 Å². The topological polar surface area (TPSA) is 102 Å². The van der Waals surface area contributed by atoms with Gasteiger partial charge in [-0.3, -0.25) is 4.79 Å². The van der Waals surface area contributed by atoms with Crippen molar-refractivity contribution < 1.29 is 24.5 Å². The van der Waals surface area contributed by atoms with Crippen molar-refractivity contribution in [1.29, 1.82) is 0 Å². The molecule has 1 aromatic rings. The van der Waals surface area contributed by atoms with Gasteiger partial charge >= 0.3 is 5.97 Å². The monoisotopic (exact) mass is 241 g/mol. The third-order valence-corrected chi connectivity index (χ3v) is 2.34. The van der Waals surface area contributed by atoms with E-state index in [-0.39, 0.29) is 0 Å². The minimum atomic E-state index is -1.40. The number of carboxylic acid groups (broad SMARTS) is 1. The van der Waals surface area contributed by atoms with Gasteiger partial charge in [0.1, 0.15) is 23.6 Å². The van der Waals surface area contributed by atoms with Crippen LogP contribution in [-0.4, -0.2) is 36.4 Å². The molecule has 94 valence electrons. The molecule has 0 heterocycles. The van der Waals surface area contributed by atoms with Gasteiger partial charge in [0.05, 0.1) is 14.2 Å². The van der Waals surface area contributed by atoms with Crippen LogP contribution in [0.2, 0.25) is 0 Å². The van der Waals surface area contributed by atoms with Crippen molar-refractivity contribution in [3.63, 3.8) is 0 Å². The zero-order chi connectivity index (χ0) is 13.0. The number of benzene rings is 1. The minimum Gasteiger partial charge on any atom is -0.497 e. The van der Waals surface area contributed by atoms with E-state index in [1.165, 1.54) is 26.4 Å². The van der Waals surface area contributed by atoms with E-state index in [9.17, 15) is 9.90 Å². The number of rotatable bonds is 5. The van der Waals surface area contributed by atoms with Crippen molar-refractivity contribution in [2.75, 3.05) is 14.2 Å². The van der Waals surface area contributed by atoms with E-state index in [1.807, 2.05) is 0 Å². The van der Waals surface area contributed by atoms with Gasteiger partial charge in [-0.2, -0.15) is 0 Å². The number of aliphatic carboxylic acids is 1. The molecule has 0 aliphatic carbocycles. The van der Waals surface area contributed by atoms with Crippen LogP contribution in [0.15, 0.2) is 18.2 Å². The highest BCUT2D eigenvalue weighted by Gasteiger charge is 2.24. The fourth-order valence-corrected chi connectivity index (χ4v) is 1.34. The Hall–Kier alpha value is -1.79. The number of nitrogens with two attached hydrogens (primary N) is 1. The highest BCUT2D eigenvalue weighted by molar-refractivity contribution is 5.74. The Balaban J connectivity index is 3.07. The van der Waals surface area contributed by atoms with E-state index < -0.39 is 18.1 Å². The first-order valence-corrected chi connectivity index (χ1v) is 4.89. The molecule has 0 aliphatic rings. The van der Waals surface area contributed by atoms with Crippen LogP contribution >= 0.6 is 0 Å². The molecule has 0 fully saturated rings. The summed E-state index contributed by atoms with van der Waals surface area (Å²) < 4.78 is 10.0. The van der Waals surface area contributed by atoms with Crippen LogP contribution in [0, 0.1) is 0 Å². The Kier molecular flexibility index (Phi) is 4.30. The minimum absolute atomic E-state index is 0.330. The third kappa shape index (κ3) is 3.08. The molecule has 1 aromatic carbocycles. The summed E-state index contributed by atoms with van der Waals surface area (Å²) in [4.78, 5) is 10.7. The Morgan fingerprint density at radius 3 is 2.06 bits per heavy atom. The zero-order valence-electron chi connectivity index (χ0n) is 9.58. The molecule has 0 saturated carbocycles. The van der Waals surface area contributed by atoms with Gasteiger partial charge in [-0.25, -0.2) is 0 Å². The molecule has 6 heteroatoms. The molecular formula is C11H15NO5. The van der Waals surface area contributed by atoms with Crippen molar-refractivity contribution in [1.82, 2.24) is 0 Å². The van der Waals surface area contributed by atoms with E-state index in [2.05, 4.69) is 0 Å². The summed E-state index contributed by atoms with van der Waals surface area (Å²) in [6.07, 6.45) is -1.32. The smallest absolute Gasteiger partial charge is 0.323 e. The Morgan fingerprint density at radius 1 is 1.24 bits per heavy atom. The van der Waals surface area contributed by atoms with E-state index in [0.717, 1.165) is 0 Å². The lowest BCUT2D eigenvalue weighted by atomic mass is 10.0. The van der Waals surface area contributed by atoms with Crippen molar-refractivity contribution in [3.8, 4) is 11.5 Å². The fraction of sp³-hybridized carbons (Fsp3) is 0.364. The maximum Gasteiger partial charge on any atom is 0.323 e. The lowest BCUT2D eigenvalue weighted by molar-refractivity contribution is -0.141. The number of carbonyl (C=O) groups is 1. The Bertz CT molecular complexity index is 385. The predicted octanol–water partition coefficient (Wildman–Crippen LogP) is 0.149. The molecule has 1 rings (SSSR count). The number of carboxylic acids is 1. The van der Waals surface area contributed by atoms with Gasteiger partial charge in [-0.05, 0) is 17.7 Å². The van der Waals surface area contributed by atoms with Gasteiger partial charge < -0.3 is 25.4 Å². The number of hydrogen-bond acceptors (Lipinski definition) is 5. The summed E-state index contributed by atoms with van der Waals surface area (Å²) in [5.74, 6) is -0.369. The highest BCUT2D eigenvalue weighted by atomic mass is 16.5. The molecule has 0 spiro atoms. The first kappa shape index (κ1) is 13.3. The van der Waals surface area contributed by atoms with Crippen LogP contribution in [-0.2, 0) is 4.79 Å². The summed E-state index contributed by atoms with van der Waals surface area (Å²) in [5.41, 5.74) is 5.67. The molecule has 6 nitrogen and oxygen atoms in total. The molecular weight excluding hydrogens is 226 g/mol. The second-order valence-electron chi connectivity index (χ2n) is 3.45.